The van der Waals surface area contributed by atoms with Crippen LogP contribution in [0.1, 0.15) is 79.8 Å². The molecule has 1 aliphatic rings. The van der Waals surface area contributed by atoms with E-state index < -0.39 is 7.92 Å². The second-order valence-corrected chi connectivity index (χ2v) is 17.6. The Morgan fingerprint density at radius 3 is 1.26 bits per heavy atom. The highest BCUT2D eigenvalue weighted by molar-refractivity contribution is 9.10. The number of benzene rings is 5. The van der Waals surface area contributed by atoms with Crippen molar-refractivity contribution >= 4 is 50.9 Å². The van der Waals surface area contributed by atoms with E-state index in [4.69, 9.17) is 0 Å². The third kappa shape index (κ3) is 6.14. The lowest BCUT2D eigenvalue weighted by Crippen LogP contribution is -2.26. The Labute approximate surface area is 299 Å². The monoisotopic (exact) mass is 764 g/mol. The number of aryl methyl sites for hydroxylation is 4. The molecule has 4 heteroatoms. The topological polar surface area (TPSA) is 17.1 Å². The van der Waals surface area contributed by atoms with E-state index >= 15 is 0 Å². The van der Waals surface area contributed by atoms with Crippen LogP contribution in [0.15, 0.2) is 87.8 Å². The first kappa shape index (κ1) is 34.0. The molecule has 2 atom stereocenters. The molecule has 0 saturated carbocycles. The van der Waals surface area contributed by atoms with Crippen LogP contribution in [0.25, 0.3) is 22.3 Å². The van der Waals surface area contributed by atoms with Crippen molar-refractivity contribution in [2.75, 3.05) is 0 Å². The Bertz CT molecular complexity index is 1850. The van der Waals surface area contributed by atoms with Crippen LogP contribution < -0.4 is 5.30 Å². The molecular formula is C43H43Br2OP. The zero-order chi connectivity index (χ0) is 33.7. The van der Waals surface area contributed by atoms with Gasteiger partial charge in [0.05, 0.1) is 0 Å². The van der Waals surface area contributed by atoms with Crippen LogP contribution in [0.2, 0.25) is 0 Å². The predicted molar refractivity (Wildman–Crippen MR) is 210 cm³/mol. The number of carbonyl (C=O) groups is 1. The van der Waals surface area contributed by atoms with Gasteiger partial charge in [0.15, 0.2) is 0 Å². The van der Waals surface area contributed by atoms with Crippen LogP contribution in [-0.2, 0) is 4.79 Å². The molecule has 1 fully saturated rings. The van der Waals surface area contributed by atoms with Gasteiger partial charge in [0, 0.05) is 33.1 Å². The molecule has 0 spiro atoms. The van der Waals surface area contributed by atoms with Crippen molar-refractivity contribution in [3.63, 3.8) is 0 Å². The largest absolute Gasteiger partial charge is 0.300 e. The average molecular weight is 767 g/mol. The van der Waals surface area contributed by atoms with Gasteiger partial charge < -0.3 is 0 Å². The number of rotatable bonds is 5. The Kier molecular flexibility index (Phi) is 9.84. The third-order valence-electron chi connectivity index (χ3n) is 10.6. The van der Waals surface area contributed by atoms with Crippen LogP contribution in [0.5, 0.6) is 0 Å². The molecule has 5 aromatic rings. The van der Waals surface area contributed by atoms with Crippen molar-refractivity contribution in [1.29, 1.82) is 0 Å². The minimum atomic E-state index is -0.963. The fraction of sp³-hybridized carbons (Fsp3) is 0.279. The zero-order valence-electron chi connectivity index (χ0n) is 28.7. The number of ketones is 1. The molecule has 1 nitrogen and oxygen atoms in total. The van der Waals surface area contributed by atoms with Crippen LogP contribution in [-0.4, -0.2) is 5.78 Å². The van der Waals surface area contributed by atoms with E-state index in [9.17, 15) is 4.79 Å². The van der Waals surface area contributed by atoms with Gasteiger partial charge in [-0.25, -0.2) is 0 Å². The van der Waals surface area contributed by atoms with Crippen molar-refractivity contribution in [2.45, 2.75) is 79.5 Å². The SMILES string of the molecule is Cc1cc(C)c(C)c(-c2cccc(-c3c(C)c(C)cc(C)c3C)c2P2C(c3ccccc3Br)CC(=O)CC2c2ccccc2Br)c1C. The molecule has 6 rings (SSSR count). The molecule has 0 aliphatic carbocycles. The van der Waals surface area contributed by atoms with Gasteiger partial charge >= 0.3 is 0 Å². The summed E-state index contributed by atoms with van der Waals surface area (Å²) in [6.45, 7) is 18.1. The Morgan fingerprint density at radius 2 is 0.894 bits per heavy atom. The van der Waals surface area contributed by atoms with Gasteiger partial charge in [-0.05, 0) is 151 Å². The van der Waals surface area contributed by atoms with Crippen LogP contribution in [0.4, 0.5) is 0 Å². The lowest BCUT2D eigenvalue weighted by Gasteiger charge is -2.42. The van der Waals surface area contributed by atoms with Gasteiger partial charge in [-0.15, -0.1) is 0 Å². The lowest BCUT2D eigenvalue weighted by molar-refractivity contribution is -0.119. The quantitative estimate of drug-likeness (QED) is 0.163. The minimum absolute atomic E-state index is 0.0527. The molecule has 1 aliphatic heterocycles. The summed E-state index contributed by atoms with van der Waals surface area (Å²) in [5.41, 5.74) is 18.5. The fourth-order valence-electron chi connectivity index (χ4n) is 7.72. The number of carbonyl (C=O) groups excluding carboxylic acids is 1. The molecule has 0 bridgehead atoms. The van der Waals surface area contributed by atoms with Crippen molar-refractivity contribution in [3.8, 4) is 22.3 Å². The predicted octanol–water partition coefficient (Wildman–Crippen LogP) is 13.0. The fourth-order valence-corrected chi connectivity index (χ4v) is 13.0. The van der Waals surface area contributed by atoms with Crippen molar-refractivity contribution in [3.05, 3.63) is 143 Å². The first-order valence-electron chi connectivity index (χ1n) is 16.5. The highest BCUT2D eigenvalue weighted by Crippen LogP contribution is 2.69. The molecule has 0 N–H and O–H groups in total. The van der Waals surface area contributed by atoms with Gasteiger partial charge in [0.2, 0.25) is 0 Å². The maximum absolute atomic E-state index is 13.9. The molecule has 0 amide bonds. The molecule has 0 radical (unpaired) electrons. The normalized spacial score (nSPS) is 18.1. The first-order valence-corrected chi connectivity index (χ1v) is 19.5. The minimum Gasteiger partial charge on any atom is -0.300 e. The summed E-state index contributed by atoms with van der Waals surface area (Å²) in [6.07, 6.45) is 1.08. The smallest absolute Gasteiger partial charge is 0.134 e. The number of halogens is 2. The van der Waals surface area contributed by atoms with E-state index in [0.29, 0.717) is 18.6 Å². The summed E-state index contributed by atoms with van der Waals surface area (Å²) in [5, 5.41) is 1.42. The van der Waals surface area contributed by atoms with E-state index in [1.54, 1.807) is 0 Å². The van der Waals surface area contributed by atoms with Crippen LogP contribution in [0.3, 0.4) is 0 Å². The first-order chi connectivity index (χ1) is 22.4. The summed E-state index contributed by atoms with van der Waals surface area (Å²) in [4.78, 5) is 13.9. The number of Topliss-reactive ketones (excluding diaryl/α,β-unsaturated/α-hetero) is 1. The lowest BCUT2D eigenvalue weighted by atomic mass is 9.85. The molecule has 5 aromatic carbocycles. The highest BCUT2D eigenvalue weighted by Gasteiger charge is 2.43. The average Bonchev–Trinajstić information content (AvgIpc) is 3.04. The van der Waals surface area contributed by atoms with E-state index in [2.05, 4.69) is 166 Å². The van der Waals surface area contributed by atoms with Crippen molar-refractivity contribution in [2.24, 2.45) is 0 Å². The Morgan fingerprint density at radius 1 is 0.532 bits per heavy atom. The summed E-state index contributed by atoms with van der Waals surface area (Å²) in [6, 6.07) is 28.8. The summed E-state index contributed by atoms with van der Waals surface area (Å²) in [7, 11) is -0.963. The highest BCUT2D eigenvalue weighted by atomic mass is 79.9. The molecule has 2 unspecified atom stereocenters. The third-order valence-corrected chi connectivity index (χ3v) is 15.3. The molecule has 47 heavy (non-hydrogen) atoms. The van der Waals surface area contributed by atoms with E-state index in [1.807, 2.05) is 0 Å². The molecule has 240 valence electrons. The molecule has 0 aromatic heterocycles. The summed E-state index contributed by atoms with van der Waals surface area (Å²) in [5.74, 6) is 0.335. The zero-order valence-corrected chi connectivity index (χ0v) is 32.8. The Hall–Kier alpha value is -2.84. The van der Waals surface area contributed by atoms with Gasteiger partial charge in [-0.1, -0.05) is 107 Å². The van der Waals surface area contributed by atoms with E-state index in [-0.39, 0.29) is 11.3 Å². The van der Waals surface area contributed by atoms with Gasteiger partial charge in [-0.3, -0.25) is 4.79 Å². The molecular weight excluding hydrogens is 723 g/mol. The molecule has 1 saturated heterocycles. The maximum Gasteiger partial charge on any atom is 0.134 e. The van der Waals surface area contributed by atoms with Gasteiger partial charge in [-0.2, -0.15) is 0 Å². The van der Waals surface area contributed by atoms with E-state index in [0.717, 1.165) is 8.95 Å². The second-order valence-electron chi connectivity index (χ2n) is 13.4. The van der Waals surface area contributed by atoms with Crippen molar-refractivity contribution < 1.29 is 4.79 Å². The summed E-state index contributed by atoms with van der Waals surface area (Å²) < 4.78 is 2.16. The maximum atomic E-state index is 13.9. The number of hydrogen-bond acceptors (Lipinski definition) is 1. The van der Waals surface area contributed by atoms with Gasteiger partial charge in [0.1, 0.15) is 5.78 Å². The number of hydrogen-bond donors (Lipinski definition) is 0. The van der Waals surface area contributed by atoms with Crippen LogP contribution in [0, 0.1) is 55.4 Å². The second kappa shape index (κ2) is 13.6. The summed E-state index contributed by atoms with van der Waals surface area (Å²) >= 11 is 7.89. The van der Waals surface area contributed by atoms with Crippen molar-refractivity contribution in [1.82, 2.24) is 0 Å². The standard InChI is InChI=1S/C43H43Br2OP/c1-24-20-25(2)29(6)41(28(24)5)35-16-13-17-36(42-30(7)26(3)21-27(4)31(42)8)43(35)47-39(33-14-9-11-18-37(33)44)22-32(46)23-40(47)34-15-10-12-19-38(34)45/h9-21,39-40H,22-23H2,1-8H3. The Balaban J connectivity index is 1.81. The molecule has 1 heterocycles. The van der Waals surface area contributed by atoms with E-state index in [1.165, 1.54) is 83.2 Å². The van der Waals surface area contributed by atoms with Gasteiger partial charge in [0.25, 0.3) is 0 Å². The van der Waals surface area contributed by atoms with Crippen LogP contribution >= 0.6 is 39.8 Å².